The Bertz CT molecular complexity index is 350. The van der Waals surface area contributed by atoms with Crippen molar-refractivity contribution in [2.24, 2.45) is 5.73 Å². The lowest BCUT2D eigenvalue weighted by molar-refractivity contribution is -0.140. The Morgan fingerprint density at radius 2 is 1.85 bits per heavy atom. The number of nitrogens with two attached hydrogens (primary N) is 1. The van der Waals surface area contributed by atoms with Crippen LogP contribution in [0.15, 0.2) is 0 Å². The van der Waals surface area contributed by atoms with Gasteiger partial charge in [0, 0.05) is 11.3 Å². The van der Waals surface area contributed by atoms with E-state index < -0.39 is 30.4 Å². The average Bonchev–Trinajstić information content (AvgIpc) is 2.39. The molecule has 0 unspecified atom stereocenters. The number of carboxylic acids is 1. The van der Waals surface area contributed by atoms with Crippen LogP contribution < -0.4 is 16.4 Å². The minimum absolute atomic E-state index is 0.0697. The van der Waals surface area contributed by atoms with Crippen LogP contribution in [0.3, 0.4) is 0 Å². The molecule has 7 nitrogen and oxygen atoms in total. The fourth-order valence-corrected chi connectivity index (χ4v) is 2.51. The summed E-state index contributed by atoms with van der Waals surface area (Å²) in [6.45, 7) is 4.50. The van der Waals surface area contributed by atoms with Gasteiger partial charge in [0.1, 0.15) is 6.04 Å². The van der Waals surface area contributed by atoms with Crippen molar-refractivity contribution in [2.75, 3.05) is 12.8 Å². The molecule has 5 N–H and O–H groups in total. The van der Waals surface area contributed by atoms with Crippen molar-refractivity contribution in [3.8, 4) is 0 Å². The largest absolute Gasteiger partial charge is 0.480 e. The third-order valence-corrected chi connectivity index (χ3v) is 4.89. The molecule has 3 amide bonds. The Balaban J connectivity index is 4.46. The van der Waals surface area contributed by atoms with Gasteiger partial charge in [0.15, 0.2) is 0 Å². The maximum atomic E-state index is 11.7. The average molecular weight is 305 g/mol. The zero-order valence-electron chi connectivity index (χ0n) is 12.1. The van der Waals surface area contributed by atoms with E-state index in [9.17, 15) is 14.4 Å². The van der Waals surface area contributed by atoms with Crippen molar-refractivity contribution in [2.45, 2.75) is 43.9 Å². The number of primary amides is 1. The van der Waals surface area contributed by atoms with Crippen molar-refractivity contribution in [3.05, 3.63) is 0 Å². The normalized spacial score (nSPS) is 12.6. The lowest BCUT2D eigenvalue weighted by Gasteiger charge is -2.30. The van der Waals surface area contributed by atoms with E-state index in [1.807, 2.05) is 20.1 Å². The Morgan fingerprint density at radius 3 is 2.20 bits per heavy atom. The number of amides is 3. The summed E-state index contributed by atoms with van der Waals surface area (Å²) in [5.74, 6) is -2.07. The smallest absolute Gasteiger partial charge is 0.326 e. The van der Waals surface area contributed by atoms with Crippen LogP contribution in [0.4, 0.5) is 4.79 Å². The summed E-state index contributed by atoms with van der Waals surface area (Å²) in [5, 5.41) is 13.8. The number of hydrogen-bond donors (Lipinski definition) is 4. The van der Waals surface area contributed by atoms with Crippen molar-refractivity contribution in [1.82, 2.24) is 10.6 Å². The molecule has 0 rings (SSSR count). The number of urea groups is 1. The van der Waals surface area contributed by atoms with E-state index in [4.69, 9.17) is 10.8 Å². The molecule has 0 saturated heterocycles. The van der Waals surface area contributed by atoms with Crippen molar-refractivity contribution < 1.29 is 19.5 Å². The van der Waals surface area contributed by atoms with Crippen LogP contribution in [0, 0.1) is 0 Å². The van der Waals surface area contributed by atoms with Gasteiger partial charge < -0.3 is 21.5 Å². The van der Waals surface area contributed by atoms with Gasteiger partial charge in [0.2, 0.25) is 5.91 Å². The van der Waals surface area contributed by atoms with E-state index in [-0.39, 0.29) is 4.75 Å². The van der Waals surface area contributed by atoms with Crippen LogP contribution in [0.5, 0.6) is 0 Å². The first kappa shape index (κ1) is 18.6. The number of aliphatic carboxylic acids is 1. The first-order chi connectivity index (χ1) is 9.30. The highest BCUT2D eigenvalue weighted by Crippen LogP contribution is 2.29. The molecule has 0 aromatic carbocycles. The van der Waals surface area contributed by atoms with Gasteiger partial charge in [-0.05, 0) is 19.1 Å². The van der Waals surface area contributed by atoms with Crippen molar-refractivity contribution in [1.29, 1.82) is 0 Å². The molecule has 116 valence electrons. The molecule has 0 aliphatic rings. The zero-order valence-corrected chi connectivity index (χ0v) is 12.9. The molecule has 1 atom stereocenters. The Morgan fingerprint density at radius 1 is 1.30 bits per heavy atom. The maximum absolute atomic E-state index is 11.7. The SMILES string of the molecule is CCC(CC)(CNC(=O)N[C@@H](CC(N)=O)C(=O)O)SC. The van der Waals surface area contributed by atoms with Crippen molar-refractivity contribution in [3.63, 3.8) is 0 Å². The number of rotatable bonds is 9. The number of nitrogens with one attached hydrogen (secondary N) is 2. The molecule has 0 radical (unpaired) electrons. The highest BCUT2D eigenvalue weighted by Gasteiger charge is 2.27. The molecule has 0 spiro atoms. The monoisotopic (exact) mass is 305 g/mol. The van der Waals surface area contributed by atoms with Gasteiger partial charge in [-0.2, -0.15) is 11.8 Å². The summed E-state index contributed by atoms with van der Waals surface area (Å²) in [4.78, 5) is 33.3. The summed E-state index contributed by atoms with van der Waals surface area (Å²) in [7, 11) is 0. The van der Waals surface area contributed by atoms with Gasteiger partial charge >= 0.3 is 12.0 Å². The maximum Gasteiger partial charge on any atom is 0.326 e. The highest BCUT2D eigenvalue weighted by molar-refractivity contribution is 8.00. The lowest BCUT2D eigenvalue weighted by atomic mass is 10.0. The number of carbonyl (C=O) groups is 3. The molecule has 20 heavy (non-hydrogen) atoms. The lowest BCUT2D eigenvalue weighted by Crippen LogP contribution is -2.50. The second kappa shape index (κ2) is 8.68. The molecular weight excluding hydrogens is 282 g/mol. The molecule has 0 bridgehead atoms. The second-order valence-corrected chi connectivity index (χ2v) is 5.76. The number of hydrogen-bond acceptors (Lipinski definition) is 4. The zero-order chi connectivity index (χ0) is 15.8. The second-order valence-electron chi connectivity index (χ2n) is 4.48. The van der Waals surface area contributed by atoms with E-state index in [1.54, 1.807) is 11.8 Å². The van der Waals surface area contributed by atoms with Crippen LogP contribution in [0.1, 0.15) is 33.1 Å². The minimum Gasteiger partial charge on any atom is -0.480 e. The van der Waals surface area contributed by atoms with Gasteiger partial charge in [-0.25, -0.2) is 9.59 Å². The van der Waals surface area contributed by atoms with Gasteiger partial charge in [-0.1, -0.05) is 13.8 Å². The molecule has 0 aliphatic heterocycles. The standard InChI is InChI=1S/C12H23N3O4S/c1-4-12(5-2,20-3)7-14-11(19)15-8(10(17)18)6-9(13)16/h8H,4-7H2,1-3H3,(H2,13,16)(H,17,18)(H2,14,15,19)/t8-/m0/s1. The van der Waals surface area contributed by atoms with Crippen molar-refractivity contribution >= 4 is 29.7 Å². The molecule has 0 saturated carbocycles. The van der Waals surface area contributed by atoms with E-state index >= 15 is 0 Å². The van der Waals surface area contributed by atoms with E-state index in [1.165, 1.54) is 0 Å². The van der Waals surface area contributed by atoms with Crippen LogP contribution in [0.2, 0.25) is 0 Å². The molecule has 0 heterocycles. The van der Waals surface area contributed by atoms with E-state index in [0.717, 1.165) is 12.8 Å². The van der Waals surface area contributed by atoms with Gasteiger partial charge in [0.05, 0.1) is 6.42 Å². The Kier molecular flexibility index (Phi) is 8.05. The Hall–Kier alpha value is -1.44. The van der Waals surface area contributed by atoms with E-state index in [0.29, 0.717) is 6.54 Å². The van der Waals surface area contributed by atoms with Crippen LogP contribution in [0.25, 0.3) is 0 Å². The topological polar surface area (TPSA) is 122 Å². The van der Waals surface area contributed by atoms with Gasteiger partial charge in [-0.15, -0.1) is 0 Å². The molecule has 0 fully saturated rings. The minimum atomic E-state index is -1.31. The van der Waals surface area contributed by atoms with Crippen LogP contribution in [-0.2, 0) is 9.59 Å². The third kappa shape index (κ3) is 6.14. The van der Waals surface area contributed by atoms with Gasteiger partial charge in [0.25, 0.3) is 0 Å². The summed E-state index contributed by atoms with van der Waals surface area (Å²) in [6, 6.07) is -1.92. The molecular formula is C12H23N3O4S. The van der Waals surface area contributed by atoms with Crippen LogP contribution >= 0.6 is 11.8 Å². The molecule has 8 heteroatoms. The highest BCUT2D eigenvalue weighted by atomic mass is 32.2. The van der Waals surface area contributed by atoms with E-state index in [2.05, 4.69) is 10.6 Å². The summed E-state index contributed by atoms with van der Waals surface area (Å²) < 4.78 is -0.0697. The number of thioether (sulfide) groups is 1. The fraction of sp³-hybridized carbons (Fsp3) is 0.750. The first-order valence-corrected chi connectivity index (χ1v) is 7.63. The number of carboxylic acid groups (broad SMARTS) is 1. The predicted molar refractivity (Wildman–Crippen MR) is 78.6 cm³/mol. The summed E-state index contributed by atoms with van der Waals surface area (Å²) in [5.41, 5.74) is 4.94. The predicted octanol–water partition coefficient (Wildman–Crippen LogP) is 0.536. The van der Waals surface area contributed by atoms with Gasteiger partial charge in [-0.3, -0.25) is 4.79 Å². The molecule has 0 aliphatic carbocycles. The van der Waals surface area contributed by atoms with Crippen LogP contribution in [-0.4, -0.2) is 46.6 Å². The molecule has 0 aromatic heterocycles. The quantitative estimate of drug-likeness (QED) is 0.495. The Labute approximate surface area is 123 Å². The molecule has 0 aromatic rings. The third-order valence-electron chi connectivity index (χ3n) is 3.30. The first-order valence-electron chi connectivity index (χ1n) is 6.40. The summed E-state index contributed by atoms with van der Waals surface area (Å²) in [6.07, 6.45) is 3.31. The number of carbonyl (C=O) groups excluding carboxylic acids is 2. The summed E-state index contributed by atoms with van der Waals surface area (Å²) >= 11 is 1.66. The fourth-order valence-electron chi connectivity index (χ4n) is 1.71.